The van der Waals surface area contributed by atoms with Gasteiger partial charge >= 0.3 is 6.18 Å². The minimum atomic E-state index is -4.46. The van der Waals surface area contributed by atoms with E-state index in [1.54, 1.807) is 0 Å². The van der Waals surface area contributed by atoms with Crippen LogP contribution in [0, 0.1) is 0 Å². The zero-order valence-corrected chi connectivity index (χ0v) is 8.58. The molecule has 1 aromatic carbocycles. The van der Waals surface area contributed by atoms with Crippen molar-refractivity contribution in [3.05, 3.63) is 29.3 Å². The van der Waals surface area contributed by atoms with E-state index in [4.69, 9.17) is 15.6 Å². The quantitative estimate of drug-likeness (QED) is 0.838. The van der Waals surface area contributed by atoms with E-state index in [9.17, 15) is 13.2 Å². The number of benzene rings is 1. The van der Waals surface area contributed by atoms with E-state index in [0.717, 1.165) is 12.1 Å². The van der Waals surface area contributed by atoms with E-state index in [-0.39, 0.29) is 11.3 Å². The van der Waals surface area contributed by atoms with E-state index in [1.807, 2.05) is 0 Å². The van der Waals surface area contributed by atoms with Crippen LogP contribution in [0.5, 0.6) is 5.75 Å². The summed E-state index contributed by atoms with van der Waals surface area (Å²) < 4.78 is 42.2. The van der Waals surface area contributed by atoms with Crippen molar-refractivity contribution in [1.29, 1.82) is 0 Å². The van der Waals surface area contributed by atoms with Crippen LogP contribution in [0.3, 0.4) is 0 Å². The monoisotopic (exact) mass is 235 g/mol. The van der Waals surface area contributed by atoms with Crippen LogP contribution in [-0.4, -0.2) is 18.8 Å². The molecule has 1 unspecified atom stereocenters. The Morgan fingerprint density at radius 3 is 2.44 bits per heavy atom. The van der Waals surface area contributed by atoms with Gasteiger partial charge in [-0.2, -0.15) is 13.2 Å². The van der Waals surface area contributed by atoms with Crippen molar-refractivity contribution >= 4 is 0 Å². The molecule has 0 heterocycles. The van der Waals surface area contributed by atoms with Gasteiger partial charge in [-0.05, 0) is 23.8 Å². The molecule has 6 heteroatoms. The number of aliphatic hydroxyl groups excluding tert-OH is 1. The number of aliphatic hydroxyl groups is 1. The third-order valence-electron chi connectivity index (χ3n) is 2.12. The molecule has 3 nitrogen and oxygen atoms in total. The summed E-state index contributed by atoms with van der Waals surface area (Å²) in [7, 11) is 1.27. The molecule has 0 amide bonds. The Kier molecular flexibility index (Phi) is 3.77. The third kappa shape index (κ3) is 2.86. The highest BCUT2D eigenvalue weighted by Gasteiger charge is 2.31. The third-order valence-corrected chi connectivity index (χ3v) is 2.12. The average molecular weight is 235 g/mol. The van der Waals surface area contributed by atoms with E-state index < -0.39 is 24.4 Å². The summed E-state index contributed by atoms with van der Waals surface area (Å²) in [6.07, 6.45) is -4.46. The number of hydrogen-bond acceptors (Lipinski definition) is 3. The van der Waals surface area contributed by atoms with E-state index >= 15 is 0 Å². The van der Waals surface area contributed by atoms with Crippen molar-refractivity contribution in [3.63, 3.8) is 0 Å². The lowest BCUT2D eigenvalue weighted by molar-refractivity contribution is -0.137. The van der Waals surface area contributed by atoms with Gasteiger partial charge in [0, 0.05) is 0 Å². The molecule has 0 radical (unpaired) electrons. The first-order chi connectivity index (χ1) is 7.38. The predicted molar refractivity (Wildman–Crippen MR) is 52.0 cm³/mol. The number of ether oxygens (including phenoxy) is 1. The smallest absolute Gasteiger partial charge is 0.416 e. The number of halogens is 3. The van der Waals surface area contributed by atoms with Crippen LogP contribution in [0.4, 0.5) is 13.2 Å². The summed E-state index contributed by atoms with van der Waals surface area (Å²) in [4.78, 5) is 0. The van der Waals surface area contributed by atoms with Crippen molar-refractivity contribution in [1.82, 2.24) is 0 Å². The highest BCUT2D eigenvalue weighted by Crippen LogP contribution is 2.33. The molecular formula is C10H12F3NO2. The van der Waals surface area contributed by atoms with Gasteiger partial charge in [0.15, 0.2) is 0 Å². The summed E-state index contributed by atoms with van der Waals surface area (Å²) in [6, 6.07) is 2.31. The maximum atomic E-state index is 12.5. The first-order valence-electron chi connectivity index (χ1n) is 4.51. The molecule has 0 saturated heterocycles. The lowest BCUT2D eigenvalue weighted by Crippen LogP contribution is -2.16. The van der Waals surface area contributed by atoms with Crippen molar-refractivity contribution in [2.45, 2.75) is 12.2 Å². The lowest BCUT2D eigenvalue weighted by atomic mass is 10.0. The normalized spacial score (nSPS) is 13.6. The van der Waals surface area contributed by atoms with E-state index in [0.29, 0.717) is 0 Å². The highest BCUT2D eigenvalue weighted by molar-refractivity contribution is 5.37. The Balaban J connectivity index is 3.21. The van der Waals surface area contributed by atoms with Gasteiger partial charge in [-0.1, -0.05) is 0 Å². The van der Waals surface area contributed by atoms with Crippen LogP contribution in [-0.2, 0) is 6.18 Å². The Morgan fingerprint density at radius 2 is 2.00 bits per heavy atom. The zero-order valence-electron chi connectivity index (χ0n) is 8.58. The maximum Gasteiger partial charge on any atom is 0.416 e. The topological polar surface area (TPSA) is 55.5 Å². The van der Waals surface area contributed by atoms with E-state index in [2.05, 4.69) is 0 Å². The molecule has 0 aliphatic heterocycles. The molecule has 1 rings (SSSR count). The molecule has 90 valence electrons. The first-order valence-corrected chi connectivity index (χ1v) is 4.51. The van der Waals surface area contributed by atoms with Crippen LogP contribution in [0.2, 0.25) is 0 Å². The number of nitrogens with two attached hydrogens (primary N) is 1. The lowest BCUT2D eigenvalue weighted by Gasteiger charge is -2.14. The minimum absolute atomic E-state index is 0.0636. The highest BCUT2D eigenvalue weighted by atomic mass is 19.4. The van der Waals surface area contributed by atoms with Gasteiger partial charge in [-0.15, -0.1) is 0 Å². The molecule has 0 fully saturated rings. The van der Waals surface area contributed by atoms with Crippen molar-refractivity contribution in [3.8, 4) is 5.75 Å². The molecular weight excluding hydrogens is 223 g/mol. The molecule has 1 atom stereocenters. The summed E-state index contributed by atoms with van der Waals surface area (Å²) in [6.45, 7) is -0.426. The molecule has 0 aliphatic rings. The van der Waals surface area contributed by atoms with Crippen LogP contribution in [0.15, 0.2) is 18.2 Å². The second kappa shape index (κ2) is 4.71. The number of hydrogen-bond donors (Lipinski definition) is 2. The van der Waals surface area contributed by atoms with Crippen molar-refractivity contribution < 1.29 is 23.0 Å². The van der Waals surface area contributed by atoms with Crippen LogP contribution < -0.4 is 10.5 Å². The fourth-order valence-electron chi connectivity index (χ4n) is 1.22. The Hall–Kier alpha value is -1.27. The number of alkyl halides is 3. The minimum Gasteiger partial charge on any atom is -0.497 e. The second-order valence-corrected chi connectivity index (χ2v) is 3.28. The SMILES string of the molecule is COc1cc(C(N)CO)cc(C(F)(F)F)c1. The molecule has 1 aromatic rings. The summed E-state index contributed by atoms with van der Waals surface area (Å²) >= 11 is 0. The Bertz CT molecular complexity index is 366. The molecule has 0 aliphatic carbocycles. The standard InChI is InChI=1S/C10H12F3NO2/c1-16-8-3-6(9(14)5-15)2-7(4-8)10(11,12)13/h2-4,9,15H,5,14H2,1H3. The molecule has 0 spiro atoms. The number of rotatable bonds is 3. The molecule has 0 saturated carbocycles. The average Bonchev–Trinajstić information content (AvgIpc) is 2.26. The van der Waals surface area contributed by atoms with Gasteiger partial charge in [-0.3, -0.25) is 0 Å². The molecule has 0 bridgehead atoms. The van der Waals surface area contributed by atoms with Gasteiger partial charge in [0.05, 0.1) is 25.3 Å². The van der Waals surface area contributed by atoms with Gasteiger partial charge in [0.1, 0.15) is 5.75 Å². The fraction of sp³-hybridized carbons (Fsp3) is 0.400. The zero-order chi connectivity index (χ0) is 12.3. The summed E-state index contributed by atoms with van der Waals surface area (Å²) in [5.41, 5.74) is 4.80. The summed E-state index contributed by atoms with van der Waals surface area (Å²) in [5, 5.41) is 8.80. The van der Waals surface area contributed by atoms with Crippen LogP contribution >= 0.6 is 0 Å². The number of methoxy groups -OCH3 is 1. The largest absolute Gasteiger partial charge is 0.497 e. The second-order valence-electron chi connectivity index (χ2n) is 3.28. The maximum absolute atomic E-state index is 12.5. The predicted octanol–water partition coefficient (Wildman–Crippen LogP) is 1.71. The molecule has 16 heavy (non-hydrogen) atoms. The van der Waals surface area contributed by atoms with Gasteiger partial charge < -0.3 is 15.6 Å². The Morgan fingerprint density at radius 1 is 1.38 bits per heavy atom. The van der Waals surface area contributed by atoms with E-state index in [1.165, 1.54) is 13.2 Å². The summed E-state index contributed by atoms with van der Waals surface area (Å²) in [5.74, 6) is 0.0636. The molecule has 0 aromatic heterocycles. The van der Waals surface area contributed by atoms with Gasteiger partial charge in [0.25, 0.3) is 0 Å². The van der Waals surface area contributed by atoms with Crippen molar-refractivity contribution in [2.75, 3.05) is 13.7 Å². The molecule has 3 N–H and O–H groups in total. The Labute approximate surface area is 90.6 Å². The van der Waals surface area contributed by atoms with Crippen LogP contribution in [0.25, 0.3) is 0 Å². The first kappa shape index (κ1) is 12.8. The fourth-order valence-corrected chi connectivity index (χ4v) is 1.22. The van der Waals surface area contributed by atoms with Crippen molar-refractivity contribution in [2.24, 2.45) is 5.73 Å². The van der Waals surface area contributed by atoms with Gasteiger partial charge in [-0.25, -0.2) is 0 Å². The van der Waals surface area contributed by atoms with Crippen LogP contribution in [0.1, 0.15) is 17.2 Å². The van der Waals surface area contributed by atoms with Gasteiger partial charge in [0.2, 0.25) is 0 Å².